The standard InChI is InChI=1S/C28H26ClN5O3.C28H25N5O3/c29-15-13-24(35)32-20-6-4-5-19(17-20)23-14-16-31-28-25(27(30)36)26(33-34(23)28)18-9-11-22(12-10-18)37-21-7-2-1-3-8-21;1-2-24(34)31-20-8-6-7-19(17-20)23-15-16-30-28-25(27(29)35)26(32-33(23)28)18-11-13-22(14-12-18)36-21-9-4-3-5-10-21/h1-12,17,23,31H,13-16H2,(H2,30,36)(H,32,35);2-14,17,23,30H,1,15-16H2,(H2,29,35)(H,31,34). The predicted molar refractivity (Wildman–Crippen MR) is 284 cm³/mol. The summed E-state index contributed by atoms with van der Waals surface area (Å²) in [7, 11) is 0. The molecule has 0 fully saturated rings. The summed E-state index contributed by atoms with van der Waals surface area (Å²) in [6.07, 6.45) is 2.96. The van der Waals surface area contributed by atoms with Gasteiger partial charge in [-0.1, -0.05) is 67.2 Å². The Morgan fingerprint density at radius 3 is 1.44 bits per heavy atom. The first kappa shape index (κ1) is 48.9. The van der Waals surface area contributed by atoms with Gasteiger partial charge in [-0.25, -0.2) is 9.36 Å². The SMILES string of the molecule is C=CC(=O)Nc1cccc(C2CCNc3c(C(N)=O)c(-c4ccc(Oc5ccccc5)cc4)nn32)c1.NC(=O)c1c(-c2ccc(Oc3ccccc3)cc2)nn2c1NCCC2c1cccc(NC(=O)CCCl)c1. The van der Waals surface area contributed by atoms with Gasteiger partial charge < -0.3 is 42.2 Å². The maximum absolute atomic E-state index is 12.6. The van der Waals surface area contributed by atoms with Crippen LogP contribution < -0.4 is 42.2 Å². The van der Waals surface area contributed by atoms with Crippen LogP contribution in [0.15, 0.2) is 170 Å². The van der Waals surface area contributed by atoms with Gasteiger partial charge in [0, 0.05) is 47.9 Å². The quantitative estimate of drug-likeness (QED) is 0.0421. The smallest absolute Gasteiger partial charge is 0.254 e. The highest BCUT2D eigenvalue weighted by atomic mass is 35.5. The largest absolute Gasteiger partial charge is 0.457 e. The highest BCUT2D eigenvalue weighted by Gasteiger charge is 2.32. The Labute approximate surface area is 426 Å². The fraction of sp³-hybridized carbons (Fsp3) is 0.143. The van der Waals surface area contributed by atoms with Crippen molar-refractivity contribution in [1.29, 1.82) is 0 Å². The Morgan fingerprint density at radius 2 is 1.03 bits per heavy atom. The Hall–Kier alpha value is -9.15. The van der Waals surface area contributed by atoms with E-state index >= 15 is 0 Å². The summed E-state index contributed by atoms with van der Waals surface area (Å²) in [4.78, 5) is 48.9. The van der Waals surface area contributed by atoms with Crippen molar-refractivity contribution in [2.24, 2.45) is 11.5 Å². The van der Waals surface area contributed by atoms with E-state index in [1.165, 1.54) is 6.08 Å². The fourth-order valence-corrected chi connectivity index (χ4v) is 8.98. The van der Waals surface area contributed by atoms with Gasteiger partial charge >= 0.3 is 0 Å². The number of rotatable bonds is 15. The summed E-state index contributed by atoms with van der Waals surface area (Å²) >= 11 is 5.69. The monoisotopic (exact) mass is 994 g/mol. The highest BCUT2D eigenvalue weighted by Crippen LogP contribution is 2.40. The molecule has 0 saturated carbocycles. The molecule has 0 saturated heterocycles. The minimum atomic E-state index is -0.559. The third-order valence-corrected chi connectivity index (χ3v) is 12.3. The van der Waals surface area contributed by atoms with Gasteiger partial charge in [0.05, 0.1) is 12.1 Å². The second-order valence-corrected chi connectivity index (χ2v) is 17.4. The number of aromatic nitrogens is 4. The van der Waals surface area contributed by atoms with E-state index in [0.29, 0.717) is 70.1 Å². The van der Waals surface area contributed by atoms with E-state index in [4.69, 9.17) is 42.7 Å². The first-order valence-corrected chi connectivity index (χ1v) is 24.1. The van der Waals surface area contributed by atoms with Crippen molar-refractivity contribution in [3.8, 4) is 45.5 Å². The number of anilines is 4. The van der Waals surface area contributed by atoms with Gasteiger partial charge in [-0.2, -0.15) is 10.2 Å². The summed E-state index contributed by atoms with van der Waals surface area (Å²) in [5.74, 6) is 2.69. The van der Waals surface area contributed by atoms with E-state index in [2.05, 4.69) is 27.8 Å². The van der Waals surface area contributed by atoms with Crippen LogP contribution in [0, 0.1) is 0 Å². The Bertz CT molecular complexity index is 3290. The van der Waals surface area contributed by atoms with Crippen LogP contribution in [-0.2, 0) is 9.59 Å². The van der Waals surface area contributed by atoms with Crippen LogP contribution in [0.1, 0.15) is 63.2 Å². The number of alkyl halides is 1. The number of carbonyl (C=O) groups is 4. The van der Waals surface area contributed by atoms with Gasteiger partial charge in [0.2, 0.25) is 11.8 Å². The van der Waals surface area contributed by atoms with E-state index in [-0.39, 0.29) is 36.2 Å². The number of benzene rings is 6. The van der Waals surface area contributed by atoms with Crippen molar-refractivity contribution in [3.63, 3.8) is 0 Å². The second kappa shape index (κ2) is 22.3. The molecule has 10 rings (SSSR count). The van der Waals surface area contributed by atoms with Gasteiger partial charge in [-0.3, -0.25) is 19.2 Å². The Balaban J connectivity index is 0.000000180. The highest BCUT2D eigenvalue weighted by molar-refractivity contribution is 6.19. The first-order valence-electron chi connectivity index (χ1n) is 23.5. The molecule has 2 aromatic heterocycles. The molecule has 0 aliphatic carbocycles. The summed E-state index contributed by atoms with van der Waals surface area (Å²) in [6, 6.07) is 48.7. The molecule has 0 spiro atoms. The fourth-order valence-electron chi connectivity index (χ4n) is 8.81. The molecule has 4 heterocycles. The molecule has 4 amide bonds. The van der Waals surface area contributed by atoms with Crippen molar-refractivity contribution in [1.82, 2.24) is 19.6 Å². The number of halogens is 1. The maximum atomic E-state index is 12.6. The van der Waals surface area contributed by atoms with Gasteiger partial charge in [0.15, 0.2) is 0 Å². The average Bonchev–Trinajstić information content (AvgIpc) is 4.01. The Morgan fingerprint density at radius 1 is 0.603 bits per heavy atom. The number of nitrogens with two attached hydrogens (primary N) is 2. The third kappa shape index (κ3) is 11.2. The molecular weight excluding hydrogens is 944 g/mol. The minimum absolute atomic E-state index is 0.143. The van der Waals surface area contributed by atoms with Crippen LogP contribution in [0.25, 0.3) is 22.5 Å². The van der Waals surface area contributed by atoms with Crippen LogP contribution in [-0.4, -0.2) is 62.2 Å². The lowest BCUT2D eigenvalue weighted by Crippen LogP contribution is -2.26. The number of hydrogen-bond donors (Lipinski definition) is 6. The van der Waals surface area contributed by atoms with Crippen molar-refractivity contribution in [2.45, 2.75) is 31.3 Å². The topological polar surface area (TPSA) is 223 Å². The van der Waals surface area contributed by atoms with Gasteiger partial charge in [-0.05, 0) is 127 Å². The lowest BCUT2D eigenvalue weighted by atomic mass is 10.0. The third-order valence-electron chi connectivity index (χ3n) is 12.1. The minimum Gasteiger partial charge on any atom is -0.457 e. The zero-order chi connectivity index (χ0) is 50.8. The summed E-state index contributed by atoms with van der Waals surface area (Å²) in [6.45, 7) is 4.78. The molecule has 73 heavy (non-hydrogen) atoms. The predicted octanol–water partition coefficient (Wildman–Crippen LogP) is 10.4. The number of fused-ring (bicyclic) bond motifs is 2. The molecule has 0 radical (unpaired) electrons. The molecular formula is C56H51ClN10O6. The molecule has 2 atom stereocenters. The van der Waals surface area contributed by atoms with Gasteiger partial charge in [0.25, 0.3) is 11.8 Å². The van der Waals surface area contributed by atoms with E-state index in [9.17, 15) is 19.2 Å². The summed E-state index contributed by atoms with van der Waals surface area (Å²) < 4.78 is 15.4. The molecule has 16 nitrogen and oxygen atoms in total. The van der Waals surface area contributed by atoms with Crippen molar-refractivity contribution in [2.75, 3.05) is 40.2 Å². The molecule has 2 unspecified atom stereocenters. The van der Waals surface area contributed by atoms with E-state index in [0.717, 1.165) is 46.6 Å². The number of para-hydroxylation sites is 2. The molecule has 17 heteroatoms. The number of carbonyl (C=O) groups excluding carboxylic acids is 4. The van der Waals surface area contributed by atoms with Crippen LogP contribution in [0.5, 0.6) is 23.0 Å². The van der Waals surface area contributed by atoms with Gasteiger partial charge in [-0.15, -0.1) is 11.6 Å². The first-order chi connectivity index (χ1) is 35.6. The number of nitrogens with zero attached hydrogens (tertiary/aromatic N) is 4. The molecule has 2 aliphatic rings. The molecule has 8 N–H and O–H groups in total. The van der Waals surface area contributed by atoms with E-state index in [1.54, 1.807) is 0 Å². The lowest BCUT2D eigenvalue weighted by molar-refractivity contribution is -0.116. The molecule has 8 aromatic rings. The van der Waals surface area contributed by atoms with Crippen LogP contribution in [0.4, 0.5) is 23.0 Å². The van der Waals surface area contributed by atoms with Crippen molar-refractivity contribution >= 4 is 58.2 Å². The molecule has 2 aliphatic heterocycles. The molecule has 368 valence electrons. The zero-order valence-electron chi connectivity index (χ0n) is 39.5. The number of ether oxygens (including phenoxy) is 2. The normalized spacial score (nSPS) is 14.3. The maximum Gasteiger partial charge on any atom is 0.254 e. The van der Waals surface area contributed by atoms with Crippen molar-refractivity contribution in [3.05, 3.63) is 193 Å². The molecule has 0 bridgehead atoms. The summed E-state index contributed by atoms with van der Waals surface area (Å²) in [5, 5.41) is 21.9. The number of nitrogens with one attached hydrogen (secondary N) is 4. The van der Waals surface area contributed by atoms with Gasteiger partial charge in [0.1, 0.15) is 57.1 Å². The lowest BCUT2D eigenvalue weighted by Gasteiger charge is -2.26. The van der Waals surface area contributed by atoms with Crippen LogP contribution in [0.2, 0.25) is 0 Å². The van der Waals surface area contributed by atoms with Crippen LogP contribution >= 0.6 is 11.6 Å². The van der Waals surface area contributed by atoms with Crippen molar-refractivity contribution < 1.29 is 28.7 Å². The van der Waals surface area contributed by atoms with Crippen LogP contribution in [0.3, 0.4) is 0 Å². The second-order valence-electron chi connectivity index (χ2n) is 17.0. The molecule has 6 aromatic carbocycles. The number of amides is 4. The van der Waals surface area contributed by atoms with E-state index in [1.807, 2.05) is 167 Å². The van der Waals surface area contributed by atoms with E-state index < -0.39 is 11.8 Å². The zero-order valence-corrected chi connectivity index (χ0v) is 40.2. The average molecular weight is 996 g/mol. The number of hydrogen-bond acceptors (Lipinski definition) is 10. The summed E-state index contributed by atoms with van der Waals surface area (Å²) in [5.41, 5.74) is 18.1. The Kier molecular flexibility index (Phi) is 14.9. The number of primary amides is 2.